The Kier molecular flexibility index (Phi) is 4.46. The van der Waals surface area contributed by atoms with Crippen LogP contribution in [0.15, 0.2) is 18.2 Å². The van der Waals surface area contributed by atoms with E-state index in [4.69, 9.17) is 0 Å². The first-order chi connectivity index (χ1) is 10.7. The number of carboxylic acids is 1. The number of aliphatic carboxylic acids is 1. The molecule has 1 aromatic rings. The molecule has 1 aromatic carbocycles. The highest BCUT2D eigenvalue weighted by Gasteiger charge is 2.35. The third kappa shape index (κ3) is 3.01. The Labute approximate surface area is 130 Å². The molecule has 118 valence electrons. The lowest BCUT2D eigenvalue weighted by Crippen LogP contribution is -2.36. The summed E-state index contributed by atoms with van der Waals surface area (Å²) in [6, 6.07) is 6.06. The van der Waals surface area contributed by atoms with Crippen LogP contribution in [0.2, 0.25) is 0 Å². The van der Waals surface area contributed by atoms with Crippen LogP contribution < -0.4 is 5.32 Å². The van der Waals surface area contributed by atoms with Crippen molar-refractivity contribution in [3.63, 3.8) is 0 Å². The van der Waals surface area contributed by atoms with E-state index in [0.717, 1.165) is 37.8 Å². The summed E-state index contributed by atoms with van der Waals surface area (Å²) in [6.07, 6.45) is 7.56. The number of carbonyl (C=O) groups is 2. The molecule has 0 spiro atoms. The van der Waals surface area contributed by atoms with Crippen LogP contribution in [0.1, 0.15) is 49.7 Å². The third-order valence-corrected chi connectivity index (χ3v) is 5.07. The van der Waals surface area contributed by atoms with Crippen LogP contribution in [0.25, 0.3) is 0 Å². The number of aryl methyl sites for hydroxylation is 1. The first-order valence-electron chi connectivity index (χ1n) is 8.31. The first-order valence-corrected chi connectivity index (χ1v) is 8.31. The summed E-state index contributed by atoms with van der Waals surface area (Å²) in [7, 11) is 0. The summed E-state index contributed by atoms with van der Waals surface area (Å²) in [5, 5.41) is 12.4. The molecule has 0 bridgehead atoms. The molecule has 1 fully saturated rings. The van der Waals surface area contributed by atoms with E-state index in [1.807, 2.05) is 12.1 Å². The van der Waals surface area contributed by atoms with Crippen LogP contribution in [-0.4, -0.2) is 17.0 Å². The molecule has 2 aliphatic rings. The summed E-state index contributed by atoms with van der Waals surface area (Å²) < 4.78 is 0. The molecule has 1 amide bonds. The molecule has 0 aliphatic heterocycles. The quantitative estimate of drug-likeness (QED) is 0.899. The maximum atomic E-state index is 12.6. The van der Waals surface area contributed by atoms with E-state index in [9.17, 15) is 14.7 Å². The summed E-state index contributed by atoms with van der Waals surface area (Å²) in [5.74, 6) is -1.89. The number of fused-ring (bicyclic) bond motifs is 1. The van der Waals surface area contributed by atoms with Gasteiger partial charge in [-0.2, -0.15) is 0 Å². The molecule has 0 unspecified atom stereocenters. The maximum Gasteiger partial charge on any atom is 0.307 e. The van der Waals surface area contributed by atoms with Gasteiger partial charge in [-0.15, -0.1) is 0 Å². The average Bonchev–Trinajstić information content (AvgIpc) is 2.55. The van der Waals surface area contributed by atoms with Gasteiger partial charge < -0.3 is 10.4 Å². The van der Waals surface area contributed by atoms with E-state index in [0.29, 0.717) is 12.8 Å². The zero-order chi connectivity index (χ0) is 15.5. The van der Waals surface area contributed by atoms with Gasteiger partial charge in [-0.05, 0) is 55.7 Å². The Morgan fingerprint density at radius 3 is 2.50 bits per heavy atom. The van der Waals surface area contributed by atoms with Crippen molar-refractivity contribution in [1.82, 2.24) is 0 Å². The van der Waals surface area contributed by atoms with E-state index in [1.54, 1.807) is 0 Å². The van der Waals surface area contributed by atoms with Crippen molar-refractivity contribution in [3.8, 4) is 0 Å². The van der Waals surface area contributed by atoms with Crippen LogP contribution in [0.3, 0.4) is 0 Å². The van der Waals surface area contributed by atoms with Crippen LogP contribution in [0, 0.1) is 11.8 Å². The lowest BCUT2D eigenvalue weighted by Gasteiger charge is -2.28. The second-order valence-electron chi connectivity index (χ2n) is 6.48. The van der Waals surface area contributed by atoms with Gasteiger partial charge in [0.1, 0.15) is 0 Å². The predicted molar refractivity (Wildman–Crippen MR) is 84.8 cm³/mol. The van der Waals surface area contributed by atoms with Crippen molar-refractivity contribution >= 4 is 17.6 Å². The Morgan fingerprint density at radius 2 is 1.73 bits per heavy atom. The zero-order valence-corrected chi connectivity index (χ0v) is 12.8. The minimum atomic E-state index is -0.838. The summed E-state index contributed by atoms with van der Waals surface area (Å²) in [5.41, 5.74) is 3.45. The fourth-order valence-corrected chi connectivity index (χ4v) is 3.86. The number of hydrogen-bond donors (Lipinski definition) is 2. The second kappa shape index (κ2) is 6.51. The summed E-state index contributed by atoms with van der Waals surface area (Å²) >= 11 is 0. The molecular formula is C18H23NO3. The Bertz CT molecular complexity index is 582. The van der Waals surface area contributed by atoms with Crippen molar-refractivity contribution in [3.05, 3.63) is 29.3 Å². The predicted octanol–water partition coefficient (Wildman–Crippen LogP) is 3.39. The topological polar surface area (TPSA) is 66.4 Å². The number of rotatable bonds is 3. The van der Waals surface area contributed by atoms with Crippen molar-refractivity contribution in [1.29, 1.82) is 0 Å². The van der Waals surface area contributed by atoms with Gasteiger partial charge in [0.15, 0.2) is 0 Å². The van der Waals surface area contributed by atoms with E-state index < -0.39 is 17.8 Å². The maximum absolute atomic E-state index is 12.6. The van der Waals surface area contributed by atoms with Gasteiger partial charge in [-0.25, -0.2) is 0 Å². The second-order valence-corrected chi connectivity index (χ2v) is 6.48. The molecular weight excluding hydrogens is 278 g/mol. The normalized spacial score (nSPS) is 24.4. The highest BCUT2D eigenvalue weighted by atomic mass is 16.4. The molecule has 2 N–H and O–H groups in total. The summed E-state index contributed by atoms with van der Waals surface area (Å²) in [6.45, 7) is 0. The van der Waals surface area contributed by atoms with E-state index >= 15 is 0 Å². The number of benzene rings is 1. The van der Waals surface area contributed by atoms with Crippen molar-refractivity contribution in [2.75, 3.05) is 5.32 Å². The van der Waals surface area contributed by atoms with E-state index in [1.165, 1.54) is 17.5 Å². The molecule has 0 aromatic heterocycles. The van der Waals surface area contributed by atoms with E-state index in [2.05, 4.69) is 11.4 Å². The number of carboxylic acid groups (broad SMARTS) is 1. The lowest BCUT2D eigenvalue weighted by molar-refractivity contribution is -0.147. The largest absolute Gasteiger partial charge is 0.481 e. The Balaban J connectivity index is 1.78. The summed E-state index contributed by atoms with van der Waals surface area (Å²) in [4.78, 5) is 24.0. The smallest absolute Gasteiger partial charge is 0.307 e. The molecule has 1 saturated carbocycles. The van der Waals surface area contributed by atoms with Crippen molar-refractivity contribution in [2.24, 2.45) is 11.8 Å². The fraction of sp³-hybridized carbons (Fsp3) is 0.556. The molecule has 3 rings (SSSR count). The van der Waals surface area contributed by atoms with Gasteiger partial charge in [-0.3, -0.25) is 9.59 Å². The Hall–Kier alpha value is -1.84. The molecule has 4 heteroatoms. The van der Waals surface area contributed by atoms with Crippen molar-refractivity contribution in [2.45, 2.75) is 51.4 Å². The fourth-order valence-electron chi connectivity index (χ4n) is 3.86. The lowest BCUT2D eigenvalue weighted by atomic mass is 9.78. The molecule has 2 aliphatic carbocycles. The molecule has 22 heavy (non-hydrogen) atoms. The van der Waals surface area contributed by atoms with Gasteiger partial charge in [0.05, 0.1) is 11.8 Å². The zero-order valence-electron chi connectivity index (χ0n) is 12.8. The molecule has 2 atom stereocenters. The van der Waals surface area contributed by atoms with Crippen LogP contribution in [-0.2, 0) is 22.4 Å². The van der Waals surface area contributed by atoms with Crippen LogP contribution in [0.4, 0.5) is 5.69 Å². The SMILES string of the molecule is O=C(O)[C@H]1CCCC[C@@H]1C(=O)Nc1cccc2c1CCCC2. The standard InChI is InChI=1S/C18H23NO3/c20-17(14-9-3-4-10-15(14)18(21)22)19-16-11-5-7-12-6-1-2-8-13(12)16/h5,7,11,14-15H,1-4,6,8-10H2,(H,19,20)(H,21,22)/t14-,15-/m0/s1. The number of nitrogens with one attached hydrogen (secondary N) is 1. The van der Waals surface area contributed by atoms with Gasteiger partial charge >= 0.3 is 5.97 Å². The molecule has 0 heterocycles. The highest BCUT2D eigenvalue weighted by Crippen LogP contribution is 2.33. The van der Waals surface area contributed by atoms with Gasteiger partial charge in [0.25, 0.3) is 0 Å². The van der Waals surface area contributed by atoms with Gasteiger partial charge in [0, 0.05) is 5.69 Å². The minimum absolute atomic E-state index is 0.119. The van der Waals surface area contributed by atoms with Crippen LogP contribution >= 0.6 is 0 Å². The average molecular weight is 301 g/mol. The highest BCUT2D eigenvalue weighted by molar-refractivity contribution is 5.96. The third-order valence-electron chi connectivity index (χ3n) is 5.07. The van der Waals surface area contributed by atoms with E-state index in [-0.39, 0.29) is 5.91 Å². The number of amides is 1. The minimum Gasteiger partial charge on any atom is -0.481 e. The number of anilines is 1. The number of hydrogen-bond acceptors (Lipinski definition) is 2. The van der Waals surface area contributed by atoms with Crippen molar-refractivity contribution < 1.29 is 14.7 Å². The van der Waals surface area contributed by atoms with Gasteiger partial charge in [-0.1, -0.05) is 25.0 Å². The number of carbonyl (C=O) groups excluding carboxylic acids is 1. The van der Waals surface area contributed by atoms with Gasteiger partial charge in [0.2, 0.25) is 5.91 Å². The monoisotopic (exact) mass is 301 g/mol. The van der Waals surface area contributed by atoms with Crippen LogP contribution in [0.5, 0.6) is 0 Å². The molecule has 0 saturated heterocycles. The molecule has 0 radical (unpaired) electrons. The first kappa shape index (κ1) is 15.1. The Morgan fingerprint density at radius 1 is 1.00 bits per heavy atom. The molecule has 4 nitrogen and oxygen atoms in total.